The lowest BCUT2D eigenvalue weighted by Crippen LogP contribution is -2.40. The first-order chi connectivity index (χ1) is 9.94. The molecule has 1 fully saturated rings. The van der Waals surface area contributed by atoms with Gasteiger partial charge in [0.2, 0.25) is 10.0 Å². The van der Waals surface area contributed by atoms with Crippen LogP contribution in [0.1, 0.15) is 18.4 Å². The maximum Gasteiger partial charge on any atom is 0.273 e. The molecule has 0 N–H and O–H groups in total. The number of hydrogen-bond acceptors (Lipinski definition) is 5. The molecule has 0 saturated carbocycles. The molecule has 0 radical (unpaired) electrons. The van der Waals surface area contributed by atoms with Crippen molar-refractivity contribution in [3.05, 3.63) is 39.9 Å². The van der Waals surface area contributed by atoms with Gasteiger partial charge in [0, 0.05) is 30.6 Å². The van der Waals surface area contributed by atoms with Gasteiger partial charge in [0.05, 0.1) is 10.7 Å². The Bertz CT molecular complexity index is 644. The molecule has 7 nitrogen and oxygen atoms in total. The van der Waals surface area contributed by atoms with Crippen LogP contribution < -0.4 is 0 Å². The number of nitrogens with zero attached hydrogens (tertiary/aromatic N) is 2. The first-order valence-corrected chi connectivity index (χ1v) is 8.20. The topological polar surface area (TPSA) is 97.6 Å². The largest absolute Gasteiger partial charge is 0.303 e. The van der Waals surface area contributed by atoms with E-state index in [1.807, 2.05) is 0 Å². The number of sulfonamides is 1. The average molecular weight is 312 g/mol. The van der Waals surface area contributed by atoms with Gasteiger partial charge in [-0.1, -0.05) is 18.2 Å². The fourth-order valence-corrected chi connectivity index (χ4v) is 4.08. The molecular formula is C13H16N2O5S. The highest BCUT2D eigenvalue weighted by Crippen LogP contribution is 2.24. The highest BCUT2D eigenvalue weighted by atomic mass is 32.2. The van der Waals surface area contributed by atoms with E-state index in [2.05, 4.69) is 0 Å². The summed E-state index contributed by atoms with van der Waals surface area (Å²) >= 11 is 0. The van der Waals surface area contributed by atoms with Crippen LogP contribution in [0.2, 0.25) is 0 Å². The number of nitro benzene ring substituents is 1. The molecule has 8 heteroatoms. The average Bonchev–Trinajstić information content (AvgIpc) is 2.47. The van der Waals surface area contributed by atoms with Crippen LogP contribution in [-0.2, 0) is 20.6 Å². The number of aldehydes is 1. The molecule has 0 amide bonds. The molecule has 1 aliphatic heterocycles. The zero-order valence-electron chi connectivity index (χ0n) is 11.3. The zero-order chi connectivity index (χ0) is 15.5. The van der Waals surface area contributed by atoms with E-state index in [-0.39, 0.29) is 23.7 Å². The summed E-state index contributed by atoms with van der Waals surface area (Å²) < 4.78 is 26.0. The van der Waals surface area contributed by atoms with Gasteiger partial charge in [-0.05, 0) is 12.8 Å². The second-order valence-electron chi connectivity index (χ2n) is 5.04. The van der Waals surface area contributed by atoms with Crippen molar-refractivity contribution >= 4 is 22.0 Å². The second-order valence-corrected chi connectivity index (χ2v) is 7.01. The van der Waals surface area contributed by atoms with E-state index in [1.165, 1.54) is 22.5 Å². The van der Waals surface area contributed by atoms with Crippen LogP contribution in [-0.4, -0.2) is 37.0 Å². The van der Waals surface area contributed by atoms with Gasteiger partial charge in [-0.15, -0.1) is 0 Å². The first kappa shape index (κ1) is 15.6. The summed E-state index contributed by atoms with van der Waals surface area (Å²) in [7, 11) is -3.67. The van der Waals surface area contributed by atoms with Crippen molar-refractivity contribution in [2.24, 2.45) is 5.92 Å². The van der Waals surface area contributed by atoms with Crippen molar-refractivity contribution in [2.75, 3.05) is 13.1 Å². The Morgan fingerprint density at radius 3 is 2.76 bits per heavy atom. The Labute approximate surface area is 122 Å². The normalized spacial score (nSPS) is 20.1. The smallest absolute Gasteiger partial charge is 0.273 e. The Balaban J connectivity index is 2.22. The third-order valence-corrected chi connectivity index (χ3v) is 5.33. The van der Waals surface area contributed by atoms with E-state index in [9.17, 15) is 23.3 Å². The minimum Gasteiger partial charge on any atom is -0.303 e. The highest BCUT2D eigenvalue weighted by Gasteiger charge is 2.30. The zero-order valence-corrected chi connectivity index (χ0v) is 12.2. The van der Waals surface area contributed by atoms with E-state index >= 15 is 0 Å². The highest BCUT2D eigenvalue weighted by molar-refractivity contribution is 7.88. The molecule has 0 spiro atoms. The molecule has 0 aliphatic carbocycles. The van der Waals surface area contributed by atoms with Crippen molar-refractivity contribution in [3.63, 3.8) is 0 Å². The number of carbonyl (C=O) groups excluding carboxylic acids is 1. The summed E-state index contributed by atoms with van der Waals surface area (Å²) in [5, 5.41) is 10.9. The molecule has 1 aromatic rings. The Hall–Kier alpha value is -1.80. The van der Waals surface area contributed by atoms with Crippen LogP contribution in [0.15, 0.2) is 24.3 Å². The molecule has 1 saturated heterocycles. The summed E-state index contributed by atoms with van der Waals surface area (Å²) in [5.74, 6) is -0.713. The quantitative estimate of drug-likeness (QED) is 0.464. The molecule has 1 aliphatic rings. The second kappa shape index (κ2) is 6.31. The van der Waals surface area contributed by atoms with Crippen LogP contribution >= 0.6 is 0 Å². The lowest BCUT2D eigenvalue weighted by Gasteiger charge is -2.29. The molecule has 1 heterocycles. The molecule has 2 rings (SSSR count). The van der Waals surface area contributed by atoms with Crippen LogP contribution in [0.25, 0.3) is 0 Å². The molecule has 1 atom stereocenters. The van der Waals surface area contributed by atoms with Gasteiger partial charge in [0.15, 0.2) is 0 Å². The van der Waals surface area contributed by atoms with Crippen molar-refractivity contribution in [1.29, 1.82) is 0 Å². The number of hydrogen-bond donors (Lipinski definition) is 0. The van der Waals surface area contributed by atoms with Crippen molar-refractivity contribution in [1.82, 2.24) is 4.31 Å². The molecule has 114 valence electrons. The number of nitro groups is 1. The molecule has 1 aromatic carbocycles. The van der Waals surface area contributed by atoms with Gasteiger partial charge >= 0.3 is 0 Å². The summed E-state index contributed by atoms with van der Waals surface area (Å²) in [6.45, 7) is 0.514. The van der Waals surface area contributed by atoms with Gasteiger partial charge in [-0.3, -0.25) is 10.1 Å². The predicted molar refractivity (Wildman–Crippen MR) is 76.1 cm³/mol. The lowest BCUT2D eigenvalue weighted by molar-refractivity contribution is -0.385. The standard InChI is InChI=1S/C13H16N2O5S/c16-9-11-4-3-7-14(8-11)21(19,20)10-12-5-1-2-6-13(12)15(17)18/h1-2,5-6,9,11H,3-4,7-8,10H2. The monoisotopic (exact) mass is 312 g/mol. The van der Waals surface area contributed by atoms with Crippen LogP contribution in [0, 0.1) is 16.0 Å². The van der Waals surface area contributed by atoms with Crippen molar-refractivity contribution in [2.45, 2.75) is 18.6 Å². The molecule has 0 bridgehead atoms. The van der Waals surface area contributed by atoms with Gasteiger partial charge in [0.25, 0.3) is 5.69 Å². The van der Waals surface area contributed by atoms with Gasteiger partial charge in [0.1, 0.15) is 6.29 Å². The van der Waals surface area contributed by atoms with Crippen LogP contribution in [0.4, 0.5) is 5.69 Å². The summed E-state index contributed by atoms with van der Waals surface area (Å²) in [4.78, 5) is 21.2. The maximum atomic E-state index is 12.4. The Morgan fingerprint density at radius 2 is 2.10 bits per heavy atom. The third-order valence-electron chi connectivity index (χ3n) is 3.53. The van der Waals surface area contributed by atoms with E-state index in [4.69, 9.17) is 0 Å². The summed E-state index contributed by atoms with van der Waals surface area (Å²) in [5.41, 5.74) is -0.0410. The van der Waals surface area contributed by atoms with Crippen molar-refractivity contribution in [3.8, 4) is 0 Å². The fraction of sp³-hybridized carbons (Fsp3) is 0.462. The number of para-hydroxylation sites is 1. The molecule has 1 unspecified atom stereocenters. The maximum absolute atomic E-state index is 12.4. The number of benzene rings is 1. The number of rotatable bonds is 5. The van der Waals surface area contributed by atoms with Gasteiger partial charge < -0.3 is 4.79 Å². The number of carbonyl (C=O) groups is 1. The van der Waals surface area contributed by atoms with Gasteiger partial charge in [-0.2, -0.15) is 0 Å². The molecule has 21 heavy (non-hydrogen) atoms. The minimum atomic E-state index is -3.67. The van der Waals surface area contributed by atoms with E-state index in [0.29, 0.717) is 19.4 Å². The van der Waals surface area contributed by atoms with E-state index in [1.54, 1.807) is 6.07 Å². The Morgan fingerprint density at radius 1 is 1.38 bits per heavy atom. The van der Waals surface area contributed by atoms with Gasteiger partial charge in [-0.25, -0.2) is 12.7 Å². The molecule has 0 aromatic heterocycles. The van der Waals surface area contributed by atoms with E-state index in [0.717, 1.165) is 6.29 Å². The lowest BCUT2D eigenvalue weighted by atomic mass is 10.0. The fourth-order valence-electron chi connectivity index (χ4n) is 2.44. The Kier molecular flexibility index (Phi) is 4.69. The number of piperidine rings is 1. The van der Waals surface area contributed by atoms with Crippen LogP contribution in [0.3, 0.4) is 0 Å². The molecular weight excluding hydrogens is 296 g/mol. The summed E-state index contributed by atoms with van der Waals surface area (Å²) in [6, 6.07) is 5.80. The van der Waals surface area contributed by atoms with Crippen molar-refractivity contribution < 1.29 is 18.1 Å². The SMILES string of the molecule is O=CC1CCCN(S(=O)(=O)Cc2ccccc2[N+](=O)[O-])C1. The third kappa shape index (κ3) is 3.64. The first-order valence-electron chi connectivity index (χ1n) is 6.59. The predicted octanol–water partition coefficient (Wildman–Crippen LogP) is 1.34. The van der Waals surface area contributed by atoms with Crippen LogP contribution in [0.5, 0.6) is 0 Å². The summed E-state index contributed by atoms with van der Waals surface area (Å²) in [6.07, 6.45) is 2.08. The minimum absolute atomic E-state index is 0.159. The van der Waals surface area contributed by atoms with E-state index < -0.39 is 20.7 Å².